The summed E-state index contributed by atoms with van der Waals surface area (Å²) >= 11 is 0. The third-order valence-electron chi connectivity index (χ3n) is 3.25. The van der Waals surface area contributed by atoms with E-state index in [4.69, 9.17) is 9.84 Å². The summed E-state index contributed by atoms with van der Waals surface area (Å²) in [5.74, 6) is -3.16. The monoisotopic (exact) mass is 352 g/mol. The molecule has 0 radical (unpaired) electrons. The van der Waals surface area contributed by atoms with Gasteiger partial charge in [-0.05, 0) is 12.1 Å². The molecule has 0 aliphatic rings. The highest BCUT2D eigenvalue weighted by atomic mass is 19.2. The van der Waals surface area contributed by atoms with Gasteiger partial charge in [-0.25, -0.2) is 13.6 Å². The highest BCUT2D eigenvalue weighted by Gasteiger charge is 2.19. The van der Waals surface area contributed by atoms with Crippen molar-refractivity contribution in [2.45, 2.75) is 6.61 Å². The average Bonchev–Trinajstić information content (AvgIpc) is 2.60. The van der Waals surface area contributed by atoms with Crippen LogP contribution in [-0.2, 0) is 11.3 Å². The molecule has 7 nitrogen and oxygen atoms in total. The van der Waals surface area contributed by atoms with Crippen LogP contribution in [0.4, 0.5) is 20.2 Å². The molecule has 0 aliphatic heterocycles. The van der Waals surface area contributed by atoms with E-state index in [1.807, 2.05) is 0 Å². The molecule has 0 heterocycles. The first-order valence-electron chi connectivity index (χ1n) is 7.17. The molecule has 0 fully saturated rings. The molecule has 0 atom stereocenters. The average molecular weight is 352 g/mol. The molecule has 0 aliphatic carbocycles. The van der Waals surface area contributed by atoms with Crippen LogP contribution >= 0.6 is 0 Å². The van der Waals surface area contributed by atoms with E-state index in [0.717, 1.165) is 12.1 Å². The summed E-state index contributed by atoms with van der Waals surface area (Å²) in [7, 11) is 0. The molecular formula is C16H14F2N2O5. The highest BCUT2D eigenvalue weighted by Crippen LogP contribution is 2.23. The minimum Gasteiger partial charge on any atom is -0.457 e. The number of anilines is 1. The van der Waals surface area contributed by atoms with Crippen molar-refractivity contribution in [3.8, 4) is 0 Å². The number of nitrogens with one attached hydrogen (secondary N) is 1. The van der Waals surface area contributed by atoms with E-state index >= 15 is 0 Å². The Labute approximate surface area is 141 Å². The van der Waals surface area contributed by atoms with E-state index in [-0.39, 0.29) is 35.7 Å². The Morgan fingerprint density at radius 1 is 1.28 bits per heavy atom. The number of aliphatic hydroxyl groups excluding tert-OH is 1. The lowest BCUT2D eigenvalue weighted by Gasteiger charge is -2.11. The summed E-state index contributed by atoms with van der Waals surface area (Å²) in [5, 5.41) is 22.4. The smallest absolute Gasteiger partial charge is 0.340 e. The number of carbonyl (C=O) groups is 1. The van der Waals surface area contributed by atoms with Gasteiger partial charge in [-0.1, -0.05) is 12.1 Å². The number of benzene rings is 2. The number of halogens is 2. The van der Waals surface area contributed by atoms with Gasteiger partial charge in [0.2, 0.25) is 0 Å². The molecular weight excluding hydrogens is 338 g/mol. The van der Waals surface area contributed by atoms with Crippen LogP contribution < -0.4 is 5.32 Å². The Morgan fingerprint density at radius 2 is 2.04 bits per heavy atom. The van der Waals surface area contributed by atoms with Gasteiger partial charge in [-0.15, -0.1) is 0 Å². The second kappa shape index (κ2) is 8.15. The van der Waals surface area contributed by atoms with Gasteiger partial charge in [0.05, 0.1) is 17.1 Å². The first-order valence-corrected chi connectivity index (χ1v) is 7.17. The van der Waals surface area contributed by atoms with Crippen molar-refractivity contribution in [3.05, 3.63) is 69.3 Å². The van der Waals surface area contributed by atoms with Crippen molar-refractivity contribution >= 4 is 17.3 Å². The minimum absolute atomic E-state index is 0.108. The summed E-state index contributed by atoms with van der Waals surface area (Å²) < 4.78 is 31.7. The summed E-state index contributed by atoms with van der Waals surface area (Å²) in [6.07, 6.45) is 0. The first kappa shape index (κ1) is 18.3. The number of esters is 1. The molecule has 0 amide bonds. The van der Waals surface area contributed by atoms with E-state index in [9.17, 15) is 23.7 Å². The Balaban J connectivity index is 2.22. The van der Waals surface area contributed by atoms with Crippen molar-refractivity contribution in [1.82, 2.24) is 0 Å². The number of hydrogen-bond acceptors (Lipinski definition) is 6. The maximum Gasteiger partial charge on any atom is 0.340 e. The predicted molar refractivity (Wildman–Crippen MR) is 84.1 cm³/mol. The van der Waals surface area contributed by atoms with E-state index in [2.05, 4.69) is 5.32 Å². The van der Waals surface area contributed by atoms with Crippen molar-refractivity contribution < 1.29 is 28.3 Å². The van der Waals surface area contributed by atoms with Crippen LogP contribution in [0, 0.1) is 21.7 Å². The van der Waals surface area contributed by atoms with Crippen LogP contribution in [0.5, 0.6) is 0 Å². The number of aliphatic hydroxyl groups is 1. The quantitative estimate of drug-likeness (QED) is 0.451. The molecule has 25 heavy (non-hydrogen) atoms. The number of nitrogens with zero attached hydrogens (tertiary/aromatic N) is 1. The fourth-order valence-electron chi connectivity index (χ4n) is 2.04. The second-order valence-corrected chi connectivity index (χ2v) is 4.93. The Kier molecular flexibility index (Phi) is 5.96. The molecule has 132 valence electrons. The molecule has 0 unspecified atom stereocenters. The van der Waals surface area contributed by atoms with Gasteiger partial charge in [-0.2, -0.15) is 0 Å². The number of ether oxygens (including phenoxy) is 1. The molecule has 0 bridgehead atoms. The van der Waals surface area contributed by atoms with Crippen molar-refractivity contribution in [2.75, 3.05) is 18.5 Å². The van der Waals surface area contributed by atoms with E-state index in [1.165, 1.54) is 24.3 Å². The largest absolute Gasteiger partial charge is 0.457 e. The summed E-state index contributed by atoms with van der Waals surface area (Å²) in [4.78, 5) is 22.4. The van der Waals surface area contributed by atoms with Crippen LogP contribution in [-0.4, -0.2) is 29.2 Å². The molecule has 9 heteroatoms. The van der Waals surface area contributed by atoms with E-state index < -0.39 is 29.1 Å². The number of non-ortho nitro benzene ring substituents is 1. The van der Waals surface area contributed by atoms with E-state index in [0.29, 0.717) is 0 Å². The fraction of sp³-hybridized carbons (Fsp3) is 0.188. The molecule has 2 aromatic rings. The maximum atomic E-state index is 13.6. The molecule has 0 saturated carbocycles. The van der Waals surface area contributed by atoms with Gasteiger partial charge < -0.3 is 15.2 Å². The predicted octanol–water partition coefficient (Wildman–Crippen LogP) is 2.63. The van der Waals surface area contributed by atoms with Gasteiger partial charge in [0.25, 0.3) is 5.69 Å². The van der Waals surface area contributed by atoms with Crippen LogP contribution in [0.15, 0.2) is 36.4 Å². The van der Waals surface area contributed by atoms with E-state index in [1.54, 1.807) is 0 Å². The normalized spacial score (nSPS) is 10.4. The molecule has 2 aromatic carbocycles. The SMILES string of the molecule is O=C(OCc1cccc(F)c1F)c1cc([N+](=O)[O-])ccc1NCCO. The molecule has 2 rings (SSSR count). The number of nitro groups is 1. The zero-order valence-corrected chi connectivity index (χ0v) is 12.9. The van der Waals surface area contributed by atoms with Crippen molar-refractivity contribution in [1.29, 1.82) is 0 Å². The van der Waals surface area contributed by atoms with Crippen LogP contribution in [0.2, 0.25) is 0 Å². The topological polar surface area (TPSA) is 102 Å². The Morgan fingerprint density at radius 3 is 2.72 bits per heavy atom. The number of rotatable bonds is 7. The molecule has 0 aromatic heterocycles. The number of carbonyl (C=O) groups excluding carboxylic acids is 1. The summed E-state index contributed by atoms with van der Waals surface area (Å²) in [6.45, 7) is -0.652. The number of hydrogen-bond donors (Lipinski definition) is 2. The number of nitro benzene ring substituents is 1. The lowest BCUT2D eigenvalue weighted by atomic mass is 10.1. The Bertz CT molecular complexity index is 798. The minimum atomic E-state index is -1.13. The standard InChI is InChI=1S/C16H14F2N2O5/c17-13-3-1-2-10(15(13)18)9-25-16(22)12-8-11(20(23)24)4-5-14(12)19-6-7-21/h1-5,8,19,21H,6-7,9H2. The lowest BCUT2D eigenvalue weighted by Crippen LogP contribution is -2.13. The third-order valence-corrected chi connectivity index (χ3v) is 3.25. The molecule has 0 saturated heterocycles. The van der Waals surface area contributed by atoms with Crippen LogP contribution in [0.25, 0.3) is 0 Å². The van der Waals surface area contributed by atoms with Gasteiger partial charge in [0.15, 0.2) is 11.6 Å². The third kappa shape index (κ3) is 4.48. The molecule has 0 spiro atoms. The Hall–Kier alpha value is -3.07. The van der Waals surface area contributed by atoms with Gasteiger partial charge in [-0.3, -0.25) is 10.1 Å². The van der Waals surface area contributed by atoms with Crippen molar-refractivity contribution in [3.63, 3.8) is 0 Å². The van der Waals surface area contributed by atoms with Crippen LogP contribution in [0.3, 0.4) is 0 Å². The summed E-state index contributed by atoms with van der Waals surface area (Å²) in [6, 6.07) is 6.94. The zero-order valence-electron chi connectivity index (χ0n) is 12.9. The zero-order chi connectivity index (χ0) is 18.4. The van der Waals surface area contributed by atoms with Gasteiger partial charge >= 0.3 is 5.97 Å². The second-order valence-electron chi connectivity index (χ2n) is 4.93. The lowest BCUT2D eigenvalue weighted by molar-refractivity contribution is -0.384. The highest BCUT2D eigenvalue weighted by molar-refractivity contribution is 5.96. The molecule has 2 N–H and O–H groups in total. The van der Waals surface area contributed by atoms with Crippen molar-refractivity contribution in [2.24, 2.45) is 0 Å². The van der Waals surface area contributed by atoms with Gasteiger partial charge in [0, 0.05) is 29.9 Å². The first-order chi connectivity index (χ1) is 11.9. The van der Waals surface area contributed by atoms with Gasteiger partial charge in [0.1, 0.15) is 6.61 Å². The summed E-state index contributed by atoms with van der Waals surface area (Å²) in [5.41, 5.74) is -0.439. The fourth-order valence-corrected chi connectivity index (χ4v) is 2.04. The maximum absolute atomic E-state index is 13.6. The van der Waals surface area contributed by atoms with Crippen LogP contribution in [0.1, 0.15) is 15.9 Å².